The van der Waals surface area contributed by atoms with E-state index in [1.165, 1.54) is 0 Å². The largest absolute Gasteiger partial charge is 0.486 e. The number of halogens is 1. The Morgan fingerprint density at radius 1 is 1.27 bits per heavy atom. The van der Waals surface area contributed by atoms with Gasteiger partial charge < -0.3 is 15.6 Å². The lowest BCUT2D eigenvalue weighted by Gasteiger charge is -2.06. The summed E-state index contributed by atoms with van der Waals surface area (Å²) in [5, 5.41) is 9.83. The summed E-state index contributed by atoms with van der Waals surface area (Å²) in [6.07, 6.45) is 1.62. The van der Waals surface area contributed by atoms with Crippen LogP contribution in [0.3, 0.4) is 0 Å². The molecular weight excluding hydrogens is 306 g/mol. The normalized spacial score (nSPS) is 10.8. The summed E-state index contributed by atoms with van der Waals surface area (Å²) >= 11 is 5.81. The second-order valence-electron chi connectivity index (χ2n) is 4.64. The number of nitrogens with zero attached hydrogens (tertiary/aromatic N) is 2. The summed E-state index contributed by atoms with van der Waals surface area (Å²) in [5.74, 6) is -0.0309. The monoisotopic (exact) mass is 317 g/mol. The van der Waals surface area contributed by atoms with Crippen LogP contribution in [0.25, 0.3) is 5.52 Å². The molecule has 112 valence electrons. The number of carboxylic acids is 1. The summed E-state index contributed by atoms with van der Waals surface area (Å²) in [6.45, 7) is 0.111. The number of hydrogen-bond donors (Lipinski definition) is 2. The van der Waals surface area contributed by atoms with E-state index in [1.807, 2.05) is 0 Å². The highest BCUT2D eigenvalue weighted by molar-refractivity contribution is 6.30. The number of carboxylic acid groups (broad SMARTS) is 1. The lowest BCUT2D eigenvalue weighted by atomic mass is 10.3. The van der Waals surface area contributed by atoms with Crippen molar-refractivity contribution >= 4 is 28.8 Å². The highest BCUT2D eigenvalue weighted by Gasteiger charge is 2.17. The second-order valence-corrected chi connectivity index (χ2v) is 5.08. The zero-order chi connectivity index (χ0) is 15.7. The van der Waals surface area contributed by atoms with Crippen LogP contribution in [0.1, 0.15) is 16.3 Å². The Morgan fingerprint density at radius 2 is 2.00 bits per heavy atom. The Kier molecular flexibility index (Phi) is 3.60. The van der Waals surface area contributed by atoms with Crippen LogP contribution in [0, 0.1) is 0 Å². The van der Waals surface area contributed by atoms with Gasteiger partial charge >= 0.3 is 5.97 Å². The topological polar surface area (TPSA) is 89.9 Å². The van der Waals surface area contributed by atoms with Crippen LogP contribution in [0.2, 0.25) is 5.02 Å². The maximum atomic E-state index is 11.3. The van der Waals surface area contributed by atoms with Crippen molar-refractivity contribution in [2.75, 3.05) is 5.73 Å². The number of imidazole rings is 1. The van der Waals surface area contributed by atoms with E-state index in [0.717, 1.165) is 0 Å². The van der Waals surface area contributed by atoms with Gasteiger partial charge in [-0.15, -0.1) is 0 Å². The molecule has 2 aromatic heterocycles. The molecule has 0 bridgehead atoms. The molecule has 0 radical (unpaired) electrons. The molecule has 3 N–H and O–H groups in total. The first kappa shape index (κ1) is 14.2. The maximum absolute atomic E-state index is 11.3. The molecule has 0 saturated carbocycles. The van der Waals surface area contributed by atoms with Gasteiger partial charge in [0.05, 0.1) is 5.52 Å². The number of anilines is 1. The molecule has 2 heterocycles. The van der Waals surface area contributed by atoms with Crippen molar-refractivity contribution in [3.05, 3.63) is 59.1 Å². The van der Waals surface area contributed by atoms with Crippen LogP contribution in [0.15, 0.2) is 42.6 Å². The van der Waals surface area contributed by atoms with E-state index in [1.54, 1.807) is 47.0 Å². The Balaban J connectivity index is 1.94. The van der Waals surface area contributed by atoms with E-state index in [9.17, 15) is 9.90 Å². The molecule has 3 aromatic rings. The van der Waals surface area contributed by atoms with Gasteiger partial charge in [-0.1, -0.05) is 11.6 Å². The lowest BCUT2D eigenvalue weighted by Crippen LogP contribution is -2.02. The lowest BCUT2D eigenvalue weighted by molar-refractivity contribution is 0.0693. The molecule has 6 nitrogen and oxygen atoms in total. The summed E-state index contributed by atoms with van der Waals surface area (Å²) in [6, 6.07) is 10.1. The Bertz CT molecular complexity index is 843. The van der Waals surface area contributed by atoms with E-state index >= 15 is 0 Å². The predicted octanol–water partition coefficient (Wildman–Crippen LogP) is 2.85. The molecule has 0 aliphatic carbocycles. The molecule has 7 heteroatoms. The standard InChI is InChI=1S/C15H12ClN3O3/c16-9-1-4-11(5-2-9)22-8-13-18-14(15(20)21)12-6-3-10(17)7-19(12)13/h1-7H,8,17H2,(H,20,21). The van der Waals surface area contributed by atoms with Crippen molar-refractivity contribution in [3.8, 4) is 5.75 Å². The predicted molar refractivity (Wildman–Crippen MR) is 82.3 cm³/mol. The summed E-state index contributed by atoms with van der Waals surface area (Å²) in [5.41, 5.74) is 6.70. The molecule has 0 atom stereocenters. The van der Waals surface area contributed by atoms with Crippen molar-refractivity contribution in [3.63, 3.8) is 0 Å². The van der Waals surface area contributed by atoms with Crippen LogP contribution in [0.4, 0.5) is 5.69 Å². The fraction of sp³-hybridized carbons (Fsp3) is 0.0667. The molecule has 0 amide bonds. The highest BCUT2D eigenvalue weighted by atomic mass is 35.5. The number of carbonyl (C=O) groups is 1. The molecule has 0 fully saturated rings. The third-order valence-corrected chi connectivity index (χ3v) is 3.37. The van der Waals surface area contributed by atoms with Gasteiger partial charge in [0.25, 0.3) is 0 Å². The van der Waals surface area contributed by atoms with Gasteiger partial charge in [-0.3, -0.25) is 4.40 Å². The van der Waals surface area contributed by atoms with Crippen molar-refractivity contribution in [2.45, 2.75) is 6.61 Å². The molecular formula is C15H12ClN3O3. The minimum atomic E-state index is -1.10. The number of aromatic nitrogens is 2. The number of rotatable bonds is 4. The number of hydrogen-bond acceptors (Lipinski definition) is 4. The van der Waals surface area contributed by atoms with Gasteiger partial charge in [-0.05, 0) is 36.4 Å². The van der Waals surface area contributed by atoms with Crippen molar-refractivity contribution < 1.29 is 14.6 Å². The number of nitrogens with two attached hydrogens (primary N) is 1. The maximum Gasteiger partial charge on any atom is 0.356 e. The summed E-state index contributed by atoms with van der Waals surface area (Å²) in [7, 11) is 0. The Morgan fingerprint density at radius 3 is 2.68 bits per heavy atom. The average molecular weight is 318 g/mol. The number of pyridine rings is 1. The van der Waals surface area contributed by atoms with Crippen molar-refractivity contribution in [1.82, 2.24) is 9.38 Å². The quantitative estimate of drug-likeness (QED) is 0.772. The third kappa shape index (κ3) is 2.68. The van der Waals surface area contributed by atoms with Crippen molar-refractivity contribution in [2.24, 2.45) is 0 Å². The zero-order valence-corrected chi connectivity index (χ0v) is 12.1. The number of ether oxygens (including phenoxy) is 1. The second kappa shape index (κ2) is 5.57. The number of fused-ring (bicyclic) bond motifs is 1. The molecule has 0 aliphatic heterocycles. The van der Waals surface area contributed by atoms with Crippen LogP contribution >= 0.6 is 11.6 Å². The molecule has 0 saturated heterocycles. The van der Waals surface area contributed by atoms with Gasteiger partial charge in [-0.25, -0.2) is 9.78 Å². The van der Waals surface area contributed by atoms with Gasteiger partial charge in [0, 0.05) is 16.9 Å². The number of nitrogen functional groups attached to an aromatic ring is 1. The summed E-state index contributed by atoms with van der Waals surface area (Å²) < 4.78 is 7.23. The minimum Gasteiger partial charge on any atom is -0.486 e. The molecule has 3 rings (SSSR count). The van der Waals surface area contributed by atoms with Crippen LogP contribution in [0.5, 0.6) is 5.75 Å². The number of aromatic carboxylic acids is 1. The van der Waals surface area contributed by atoms with E-state index in [-0.39, 0.29) is 12.3 Å². The van der Waals surface area contributed by atoms with E-state index in [2.05, 4.69) is 4.98 Å². The van der Waals surface area contributed by atoms with Crippen LogP contribution < -0.4 is 10.5 Å². The van der Waals surface area contributed by atoms with Gasteiger partial charge in [0.2, 0.25) is 0 Å². The smallest absolute Gasteiger partial charge is 0.356 e. The zero-order valence-electron chi connectivity index (χ0n) is 11.4. The van der Waals surface area contributed by atoms with Crippen molar-refractivity contribution in [1.29, 1.82) is 0 Å². The van der Waals surface area contributed by atoms with Gasteiger partial charge in [0.1, 0.15) is 12.4 Å². The molecule has 22 heavy (non-hydrogen) atoms. The summed E-state index contributed by atoms with van der Waals surface area (Å²) in [4.78, 5) is 15.4. The highest BCUT2D eigenvalue weighted by Crippen LogP contribution is 2.19. The molecule has 1 aromatic carbocycles. The van der Waals surface area contributed by atoms with E-state index < -0.39 is 5.97 Å². The van der Waals surface area contributed by atoms with Gasteiger partial charge in [0.15, 0.2) is 11.5 Å². The molecule has 0 unspecified atom stereocenters. The van der Waals surface area contributed by atoms with Crippen LogP contribution in [-0.4, -0.2) is 20.5 Å². The first-order valence-electron chi connectivity index (χ1n) is 6.43. The fourth-order valence-electron chi connectivity index (χ4n) is 2.10. The first-order valence-corrected chi connectivity index (χ1v) is 6.80. The average Bonchev–Trinajstić information content (AvgIpc) is 2.85. The fourth-order valence-corrected chi connectivity index (χ4v) is 2.23. The van der Waals surface area contributed by atoms with Gasteiger partial charge in [-0.2, -0.15) is 0 Å². The van der Waals surface area contributed by atoms with E-state index in [4.69, 9.17) is 22.1 Å². The molecule has 0 aliphatic rings. The van der Waals surface area contributed by atoms with Crippen LogP contribution in [-0.2, 0) is 6.61 Å². The first-order chi connectivity index (χ1) is 10.5. The minimum absolute atomic E-state index is 0.0327. The Hall–Kier alpha value is -2.73. The third-order valence-electron chi connectivity index (χ3n) is 3.12. The SMILES string of the molecule is Nc1ccc2c(C(=O)O)nc(COc3ccc(Cl)cc3)n2c1. The molecule has 0 spiro atoms. The van der Waals surface area contributed by atoms with E-state index in [0.29, 0.717) is 27.8 Å². The Labute approximate surface area is 130 Å². The number of benzene rings is 1.